The lowest BCUT2D eigenvalue weighted by Crippen LogP contribution is -2.30. The topological polar surface area (TPSA) is 118 Å². The van der Waals surface area contributed by atoms with E-state index in [1.807, 2.05) is 24.3 Å². The van der Waals surface area contributed by atoms with Crippen LogP contribution in [0.5, 0.6) is 0 Å². The Bertz CT molecular complexity index is 899. The molecule has 0 fully saturated rings. The minimum absolute atomic E-state index is 0.299. The second-order valence-electron chi connectivity index (χ2n) is 5.44. The van der Waals surface area contributed by atoms with Crippen molar-refractivity contribution in [3.8, 4) is 0 Å². The van der Waals surface area contributed by atoms with Gasteiger partial charge in [0.1, 0.15) is 12.0 Å². The molecule has 0 saturated heterocycles. The zero-order chi connectivity index (χ0) is 18.4. The van der Waals surface area contributed by atoms with Gasteiger partial charge in [0.15, 0.2) is 11.6 Å². The molecule has 26 heavy (non-hydrogen) atoms. The second-order valence-corrected chi connectivity index (χ2v) is 5.44. The number of hydrogen-bond donors (Lipinski definition) is 4. The molecule has 8 heteroatoms. The molecule has 2 heterocycles. The highest BCUT2D eigenvalue weighted by Crippen LogP contribution is 2.27. The van der Waals surface area contributed by atoms with E-state index in [1.54, 1.807) is 24.5 Å². The molecular formula is C18H19N7O. The Morgan fingerprint density at radius 3 is 2.58 bits per heavy atom. The normalized spacial score (nSPS) is 10.2. The van der Waals surface area contributed by atoms with E-state index < -0.39 is 0 Å². The van der Waals surface area contributed by atoms with E-state index in [2.05, 4.69) is 38.0 Å². The molecule has 1 aromatic carbocycles. The van der Waals surface area contributed by atoms with Crippen LogP contribution in [0.4, 0.5) is 23.0 Å². The summed E-state index contributed by atoms with van der Waals surface area (Å²) in [6.45, 7) is 2.07. The van der Waals surface area contributed by atoms with Crippen LogP contribution in [-0.2, 0) is 6.42 Å². The van der Waals surface area contributed by atoms with Crippen molar-refractivity contribution >= 4 is 28.9 Å². The van der Waals surface area contributed by atoms with E-state index in [4.69, 9.17) is 5.73 Å². The molecule has 5 N–H and O–H groups in total. The molecule has 0 aliphatic heterocycles. The van der Waals surface area contributed by atoms with Gasteiger partial charge in [0.2, 0.25) is 0 Å². The van der Waals surface area contributed by atoms with Crippen LogP contribution in [0.1, 0.15) is 22.8 Å². The number of anilines is 4. The number of carbonyl (C=O) groups excluding carboxylic acids is 1. The van der Waals surface area contributed by atoms with Gasteiger partial charge in [0, 0.05) is 23.6 Å². The van der Waals surface area contributed by atoms with Gasteiger partial charge in [-0.2, -0.15) is 0 Å². The molecule has 0 radical (unpaired) electrons. The Morgan fingerprint density at radius 2 is 1.81 bits per heavy atom. The van der Waals surface area contributed by atoms with Gasteiger partial charge in [-0.15, -0.1) is 0 Å². The minimum atomic E-state index is -0.323. The molecule has 132 valence electrons. The number of benzene rings is 1. The summed E-state index contributed by atoms with van der Waals surface area (Å²) in [7, 11) is 0. The van der Waals surface area contributed by atoms with E-state index in [-0.39, 0.29) is 5.91 Å². The molecule has 0 aliphatic rings. The first kappa shape index (κ1) is 17.2. The predicted octanol–water partition coefficient (Wildman–Crippen LogP) is 2.52. The van der Waals surface area contributed by atoms with Crippen molar-refractivity contribution in [2.75, 3.05) is 16.5 Å². The summed E-state index contributed by atoms with van der Waals surface area (Å²) in [5.41, 5.74) is 14.3. The van der Waals surface area contributed by atoms with Crippen LogP contribution in [0.25, 0.3) is 0 Å². The lowest BCUT2D eigenvalue weighted by atomic mass is 10.1. The highest BCUT2D eigenvalue weighted by molar-refractivity contribution is 5.95. The molecule has 1 amide bonds. The van der Waals surface area contributed by atoms with Crippen LogP contribution in [0.15, 0.2) is 55.1 Å². The first-order valence-electron chi connectivity index (χ1n) is 8.10. The zero-order valence-electron chi connectivity index (χ0n) is 14.2. The number of aromatic nitrogens is 3. The fraction of sp³-hybridized carbons (Fsp3) is 0.111. The number of carbonyl (C=O) groups is 1. The van der Waals surface area contributed by atoms with Gasteiger partial charge in [-0.25, -0.2) is 9.97 Å². The molecule has 3 rings (SSSR count). The maximum Gasteiger partial charge on any atom is 0.269 e. The fourth-order valence-electron chi connectivity index (χ4n) is 2.36. The van der Waals surface area contributed by atoms with Gasteiger partial charge in [0.05, 0.1) is 0 Å². The lowest BCUT2D eigenvalue weighted by molar-refractivity contribution is 0.0962. The SMILES string of the molecule is CCc1ccccc1Nc1ncnc(NNC(=O)c2ccncc2)c1N. The number of aryl methyl sites for hydroxylation is 1. The van der Waals surface area contributed by atoms with Crippen LogP contribution < -0.4 is 21.9 Å². The maximum atomic E-state index is 12.1. The van der Waals surface area contributed by atoms with Crippen molar-refractivity contribution in [2.45, 2.75) is 13.3 Å². The fourth-order valence-corrected chi connectivity index (χ4v) is 2.36. The molecule has 8 nitrogen and oxygen atoms in total. The highest BCUT2D eigenvalue weighted by Gasteiger charge is 2.11. The van der Waals surface area contributed by atoms with Gasteiger partial charge >= 0.3 is 0 Å². The quantitative estimate of drug-likeness (QED) is 0.505. The molecule has 0 aliphatic carbocycles. The van der Waals surface area contributed by atoms with Gasteiger partial charge in [-0.3, -0.25) is 20.6 Å². The number of amides is 1. The Morgan fingerprint density at radius 1 is 1.08 bits per heavy atom. The summed E-state index contributed by atoms with van der Waals surface area (Å²) in [6, 6.07) is 11.1. The molecule has 0 spiro atoms. The Kier molecular flexibility index (Phi) is 5.23. The number of nitrogens with one attached hydrogen (secondary N) is 3. The first-order chi connectivity index (χ1) is 12.7. The molecule has 2 aromatic heterocycles. The highest BCUT2D eigenvalue weighted by atomic mass is 16.2. The predicted molar refractivity (Wildman–Crippen MR) is 101 cm³/mol. The van der Waals surface area contributed by atoms with Crippen LogP contribution in [0.3, 0.4) is 0 Å². The number of nitrogens with two attached hydrogens (primary N) is 1. The summed E-state index contributed by atoms with van der Waals surface area (Å²) in [5.74, 6) is 0.441. The Labute approximate surface area is 150 Å². The van der Waals surface area contributed by atoms with Crippen molar-refractivity contribution < 1.29 is 4.79 Å². The van der Waals surface area contributed by atoms with Crippen molar-refractivity contribution in [3.63, 3.8) is 0 Å². The number of nitrogen functional groups attached to an aromatic ring is 1. The van der Waals surface area contributed by atoms with Crippen molar-refractivity contribution in [2.24, 2.45) is 0 Å². The van der Waals surface area contributed by atoms with Gasteiger partial charge in [-0.05, 0) is 30.2 Å². The smallest absolute Gasteiger partial charge is 0.269 e. The summed E-state index contributed by atoms with van der Waals surface area (Å²) >= 11 is 0. The Hall–Kier alpha value is -3.68. The third-order valence-corrected chi connectivity index (χ3v) is 3.77. The number of nitrogens with zero attached hydrogens (tertiary/aromatic N) is 3. The van der Waals surface area contributed by atoms with Gasteiger partial charge < -0.3 is 11.1 Å². The van der Waals surface area contributed by atoms with Gasteiger partial charge in [-0.1, -0.05) is 25.1 Å². The largest absolute Gasteiger partial charge is 0.393 e. The van der Waals surface area contributed by atoms with Crippen molar-refractivity contribution in [3.05, 3.63) is 66.2 Å². The average Bonchev–Trinajstić information content (AvgIpc) is 2.69. The van der Waals surface area contributed by atoms with E-state index in [0.717, 1.165) is 17.7 Å². The Balaban J connectivity index is 1.74. The van der Waals surface area contributed by atoms with E-state index in [0.29, 0.717) is 22.9 Å². The number of hydrogen-bond acceptors (Lipinski definition) is 7. The van der Waals surface area contributed by atoms with Crippen molar-refractivity contribution in [1.82, 2.24) is 20.4 Å². The zero-order valence-corrected chi connectivity index (χ0v) is 14.2. The first-order valence-corrected chi connectivity index (χ1v) is 8.10. The second kappa shape index (κ2) is 7.93. The molecule has 3 aromatic rings. The van der Waals surface area contributed by atoms with E-state index in [1.165, 1.54) is 6.33 Å². The number of hydrazine groups is 1. The van der Waals surface area contributed by atoms with Crippen LogP contribution >= 0.6 is 0 Å². The van der Waals surface area contributed by atoms with Crippen molar-refractivity contribution in [1.29, 1.82) is 0 Å². The summed E-state index contributed by atoms with van der Waals surface area (Å²) < 4.78 is 0. The third kappa shape index (κ3) is 3.86. The summed E-state index contributed by atoms with van der Waals surface area (Å²) in [4.78, 5) is 24.2. The number of rotatable bonds is 6. The lowest BCUT2D eigenvalue weighted by Gasteiger charge is -2.14. The van der Waals surface area contributed by atoms with Crippen LogP contribution in [0.2, 0.25) is 0 Å². The molecule has 0 atom stereocenters. The van der Waals surface area contributed by atoms with E-state index >= 15 is 0 Å². The number of pyridine rings is 1. The maximum absolute atomic E-state index is 12.1. The van der Waals surface area contributed by atoms with Crippen LogP contribution in [-0.4, -0.2) is 20.9 Å². The average molecular weight is 349 g/mol. The standard InChI is InChI=1S/C18H19N7O/c1-2-12-5-3-4-6-14(12)23-16-15(19)17(22-11-21-16)24-25-18(26)13-7-9-20-10-8-13/h3-11H,2,19H2,1H3,(H,25,26)(H2,21,22,23,24). The van der Waals surface area contributed by atoms with Gasteiger partial charge in [0.25, 0.3) is 5.91 Å². The van der Waals surface area contributed by atoms with Crippen LogP contribution in [0, 0.1) is 0 Å². The minimum Gasteiger partial charge on any atom is -0.393 e. The monoisotopic (exact) mass is 349 g/mol. The molecule has 0 bridgehead atoms. The summed E-state index contributed by atoms with van der Waals surface area (Å²) in [6.07, 6.45) is 5.33. The van der Waals surface area contributed by atoms with E-state index in [9.17, 15) is 4.79 Å². The third-order valence-electron chi connectivity index (χ3n) is 3.77. The molecular weight excluding hydrogens is 330 g/mol. The molecule has 0 unspecified atom stereocenters. The number of para-hydroxylation sites is 1. The summed E-state index contributed by atoms with van der Waals surface area (Å²) in [5, 5.41) is 3.21. The molecule has 0 saturated carbocycles.